The topological polar surface area (TPSA) is 78.0 Å². The van der Waals surface area contributed by atoms with Gasteiger partial charge in [0, 0.05) is 23.7 Å². The van der Waals surface area contributed by atoms with Crippen LogP contribution in [0.3, 0.4) is 0 Å². The number of aliphatic imine (C=N–C) groups is 1. The van der Waals surface area contributed by atoms with Gasteiger partial charge in [-0.25, -0.2) is 4.99 Å². The van der Waals surface area contributed by atoms with E-state index in [0.717, 1.165) is 17.1 Å². The van der Waals surface area contributed by atoms with Crippen LogP contribution in [0.5, 0.6) is 0 Å². The molecule has 6 nitrogen and oxygen atoms in total. The number of hydrogen-bond acceptors (Lipinski definition) is 3. The second-order valence-electron chi connectivity index (χ2n) is 6.04. The van der Waals surface area contributed by atoms with Gasteiger partial charge in [-0.1, -0.05) is 23.7 Å². The van der Waals surface area contributed by atoms with Crippen molar-refractivity contribution in [2.24, 2.45) is 12.0 Å². The highest BCUT2D eigenvalue weighted by Gasteiger charge is 2.13. The van der Waals surface area contributed by atoms with Gasteiger partial charge >= 0.3 is 0 Å². The van der Waals surface area contributed by atoms with Crippen LogP contribution < -0.4 is 10.6 Å². The highest BCUT2D eigenvalue weighted by Crippen LogP contribution is 2.23. The summed E-state index contributed by atoms with van der Waals surface area (Å²) in [7, 11) is 1.82. The van der Waals surface area contributed by atoms with Gasteiger partial charge in [-0.15, -0.1) is 0 Å². The molecule has 2 rings (SSSR count). The number of nitrogens with zero attached hydrogens (tertiary/aromatic N) is 4. The van der Waals surface area contributed by atoms with E-state index in [2.05, 4.69) is 20.7 Å². The van der Waals surface area contributed by atoms with Crippen LogP contribution >= 0.6 is 11.6 Å². The van der Waals surface area contributed by atoms with Crippen molar-refractivity contribution in [3.63, 3.8) is 0 Å². The van der Waals surface area contributed by atoms with Gasteiger partial charge in [-0.3, -0.25) is 10.00 Å². The van der Waals surface area contributed by atoms with Crippen LogP contribution in [0.4, 0.5) is 5.82 Å². The van der Waals surface area contributed by atoms with E-state index in [9.17, 15) is 0 Å². The Bertz CT molecular complexity index is 746. The summed E-state index contributed by atoms with van der Waals surface area (Å²) in [5, 5.41) is 19.7. The van der Waals surface area contributed by atoms with Crippen LogP contribution in [0.2, 0.25) is 5.02 Å². The molecule has 0 aliphatic rings. The molecule has 1 heterocycles. The van der Waals surface area contributed by atoms with Crippen molar-refractivity contribution >= 4 is 23.4 Å². The first-order chi connectivity index (χ1) is 10.8. The van der Waals surface area contributed by atoms with Crippen LogP contribution in [-0.2, 0) is 7.05 Å². The molecule has 0 bridgehead atoms. The van der Waals surface area contributed by atoms with E-state index in [1.165, 1.54) is 0 Å². The number of hydrogen-bond donors (Lipinski definition) is 2. The Kier molecular flexibility index (Phi) is 4.92. The standard InChI is InChI=1S/C16H19ClN6/c1-16(2,3)21-15(19-10-18)20-14-9-13(22-23(14)4)11-5-7-12(17)8-6-11/h5-9H,1-4H3,(H2,19,20,21). The molecule has 0 spiro atoms. The van der Waals surface area contributed by atoms with E-state index in [4.69, 9.17) is 16.9 Å². The monoisotopic (exact) mass is 330 g/mol. The van der Waals surface area contributed by atoms with E-state index in [1.54, 1.807) is 4.68 Å². The average Bonchev–Trinajstić information content (AvgIpc) is 2.79. The molecule has 2 N–H and O–H groups in total. The Hall–Kier alpha value is -2.52. The predicted molar refractivity (Wildman–Crippen MR) is 93.2 cm³/mol. The molecule has 0 amide bonds. The molecule has 0 saturated carbocycles. The fraction of sp³-hybridized carbons (Fsp3) is 0.312. The fourth-order valence-corrected chi connectivity index (χ4v) is 2.07. The number of halogens is 1. The Labute approximate surface area is 140 Å². The fourth-order valence-electron chi connectivity index (χ4n) is 1.94. The summed E-state index contributed by atoms with van der Waals surface area (Å²) in [4.78, 5) is 4.44. The minimum Gasteiger partial charge on any atom is -0.310 e. The zero-order valence-corrected chi connectivity index (χ0v) is 14.3. The molecule has 1 aromatic carbocycles. The zero-order valence-electron chi connectivity index (χ0n) is 13.6. The van der Waals surface area contributed by atoms with Crippen molar-refractivity contribution in [3.8, 4) is 17.5 Å². The number of aromatic nitrogens is 2. The Morgan fingerprint density at radius 1 is 1.30 bits per heavy atom. The minimum atomic E-state index is -0.316. The molecule has 0 atom stereocenters. The second kappa shape index (κ2) is 6.71. The predicted octanol–water partition coefficient (Wildman–Crippen LogP) is 3.38. The summed E-state index contributed by atoms with van der Waals surface area (Å²) in [5.41, 5.74) is 1.45. The van der Waals surface area contributed by atoms with Crippen LogP contribution in [0.15, 0.2) is 35.3 Å². The van der Waals surface area contributed by atoms with Crippen molar-refractivity contribution in [3.05, 3.63) is 35.4 Å². The van der Waals surface area contributed by atoms with Crippen molar-refractivity contribution in [2.45, 2.75) is 26.3 Å². The minimum absolute atomic E-state index is 0.316. The lowest BCUT2D eigenvalue weighted by molar-refractivity contribution is 0.581. The lowest BCUT2D eigenvalue weighted by Crippen LogP contribution is -2.31. The van der Waals surface area contributed by atoms with Gasteiger partial charge in [-0.2, -0.15) is 10.4 Å². The van der Waals surface area contributed by atoms with Gasteiger partial charge in [0.1, 0.15) is 5.82 Å². The van der Waals surface area contributed by atoms with Gasteiger partial charge in [0.05, 0.1) is 11.2 Å². The highest BCUT2D eigenvalue weighted by molar-refractivity contribution is 6.30. The highest BCUT2D eigenvalue weighted by atomic mass is 35.5. The molecule has 23 heavy (non-hydrogen) atoms. The first kappa shape index (κ1) is 16.8. The third kappa shape index (κ3) is 4.73. The second-order valence-corrected chi connectivity index (χ2v) is 6.47. The molecule has 2 aromatic rings. The van der Waals surface area contributed by atoms with E-state index in [1.807, 2.05) is 64.3 Å². The SMILES string of the molecule is Cn1nc(-c2ccc(Cl)cc2)cc1NC(=NC(C)(C)C)NC#N. The number of benzene rings is 1. The maximum absolute atomic E-state index is 8.87. The van der Waals surface area contributed by atoms with E-state index in [0.29, 0.717) is 11.0 Å². The number of rotatable bonds is 2. The van der Waals surface area contributed by atoms with Gasteiger partial charge in [0.25, 0.3) is 0 Å². The molecule has 120 valence electrons. The van der Waals surface area contributed by atoms with E-state index in [-0.39, 0.29) is 5.54 Å². The quantitative estimate of drug-likeness (QED) is 0.383. The lowest BCUT2D eigenvalue weighted by atomic mass is 10.1. The van der Waals surface area contributed by atoms with Crippen LogP contribution in [-0.4, -0.2) is 21.3 Å². The first-order valence-electron chi connectivity index (χ1n) is 7.10. The van der Waals surface area contributed by atoms with Crippen molar-refractivity contribution in [1.29, 1.82) is 5.26 Å². The van der Waals surface area contributed by atoms with Gasteiger partial charge in [0.2, 0.25) is 5.96 Å². The maximum Gasteiger partial charge on any atom is 0.210 e. The number of guanidine groups is 1. The summed E-state index contributed by atoms with van der Waals surface area (Å²) >= 11 is 5.91. The number of aryl methyl sites for hydroxylation is 1. The molecule has 0 aliphatic carbocycles. The zero-order chi connectivity index (χ0) is 17.0. The average molecular weight is 331 g/mol. The molecule has 0 radical (unpaired) electrons. The molecule has 1 aromatic heterocycles. The summed E-state index contributed by atoms with van der Waals surface area (Å²) < 4.78 is 1.70. The molecule has 0 aliphatic heterocycles. The summed E-state index contributed by atoms with van der Waals surface area (Å²) in [6.07, 6.45) is 1.89. The van der Waals surface area contributed by atoms with Crippen LogP contribution in [0.1, 0.15) is 20.8 Å². The van der Waals surface area contributed by atoms with Crippen molar-refractivity contribution in [2.75, 3.05) is 5.32 Å². The number of nitriles is 1. The molecule has 7 heteroatoms. The van der Waals surface area contributed by atoms with Crippen molar-refractivity contribution < 1.29 is 0 Å². The van der Waals surface area contributed by atoms with E-state index < -0.39 is 0 Å². The first-order valence-corrected chi connectivity index (χ1v) is 7.48. The summed E-state index contributed by atoms with van der Waals surface area (Å²) in [6.45, 7) is 5.86. The van der Waals surface area contributed by atoms with E-state index >= 15 is 0 Å². The molecular weight excluding hydrogens is 312 g/mol. The third-order valence-electron chi connectivity index (χ3n) is 2.89. The maximum atomic E-state index is 8.87. The normalized spacial score (nSPS) is 11.9. The van der Waals surface area contributed by atoms with Crippen LogP contribution in [0.25, 0.3) is 11.3 Å². The molecular formula is C16H19ClN6. The molecule has 0 fully saturated rings. The summed E-state index contributed by atoms with van der Waals surface area (Å²) in [5.74, 6) is 1.10. The Balaban J connectivity index is 2.29. The number of anilines is 1. The smallest absolute Gasteiger partial charge is 0.210 e. The Morgan fingerprint density at radius 2 is 1.96 bits per heavy atom. The summed E-state index contributed by atoms with van der Waals surface area (Å²) in [6, 6.07) is 9.35. The van der Waals surface area contributed by atoms with Crippen molar-refractivity contribution in [1.82, 2.24) is 15.1 Å². The third-order valence-corrected chi connectivity index (χ3v) is 3.14. The molecule has 0 saturated heterocycles. The largest absolute Gasteiger partial charge is 0.310 e. The molecule has 0 unspecified atom stereocenters. The lowest BCUT2D eigenvalue weighted by Gasteiger charge is -2.15. The van der Waals surface area contributed by atoms with Crippen LogP contribution in [0, 0.1) is 11.5 Å². The van der Waals surface area contributed by atoms with Gasteiger partial charge < -0.3 is 5.32 Å². The van der Waals surface area contributed by atoms with Gasteiger partial charge in [0.15, 0.2) is 6.19 Å². The Morgan fingerprint density at radius 3 is 2.52 bits per heavy atom. The van der Waals surface area contributed by atoms with Gasteiger partial charge in [-0.05, 0) is 32.9 Å². The number of nitrogens with one attached hydrogen (secondary N) is 2.